The van der Waals surface area contributed by atoms with Crippen LogP contribution >= 0.6 is 11.6 Å². The van der Waals surface area contributed by atoms with E-state index < -0.39 is 22.1 Å². The standard InChI is InChI=1S/C22H23ClN2O5S/c1-4-25(5-2)31(28,29)20-12-15(10-11-18(20)23)22(27)30-14(3)21(26)17-13-24-19-9-7-6-8-16(17)19/h6-14,24H,4-5H2,1-3H3. The Hall–Kier alpha value is -2.68. The highest BCUT2D eigenvalue weighted by atomic mass is 35.5. The van der Waals surface area contributed by atoms with Crippen molar-refractivity contribution in [1.82, 2.24) is 9.29 Å². The minimum atomic E-state index is -3.87. The van der Waals surface area contributed by atoms with Crippen molar-refractivity contribution in [2.45, 2.75) is 31.8 Å². The zero-order chi connectivity index (χ0) is 22.8. The monoisotopic (exact) mass is 462 g/mol. The number of nitrogens with zero attached hydrogens (tertiary/aromatic N) is 1. The maximum atomic E-state index is 12.8. The number of nitrogens with one attached hydrogen (secondary N) is 1. The molecule has 0 bridgehead atoms. The summed E-state index contributed by atoms with van der Waals surface area (Å²) in [6, 6.07) is 11.2. The Kier molecular flexibility index (Phi) is 6.83. The summed E-state index contributed by atoms with van der Waals surface area (Å²) in [5, 5.41) is 0.737. The molecule has 9 heteroatoms. The predicted octanol–water partition coefficient (Wildman–Crippen LogP) is 4.28. The van der Waals surface area contributed by atoms with Gasteiger partial charge >= 0.3 is 5.97 Å². The van der Waals surface area contributed by atoms with Crippen molar-refractivity contribution in [3.63, 3.8) is 0 Å². The van der Waals surface area contributed by atoms with Gasteiger partial charge in [-0.05, 0) is 31.2 Å². The lowest BCUT2D eigenvalue weighted by molar-refractivity contribution is 0.0319. The molecule has 0 fully saturated rings. The van der Waals surface area contributed by atoms with E-state index >= 15 is 0 Å². The number of H-pyrrole nitrogens is 1. The third-order valence-corrected chi connectivity index (χ3v) is 7.53. The molecule has 0 radical (unpaired) electrons. The van der Waals surface area contributed by atoms with E-state index in [0.29, 0.717) is 5.56 Å². The van der Waals surface area contributed by atoms with Crippen LogP contribution in [0.3, 0.4) is 0 Å². The van der Waals surface area contributed by atoms with Crippen molar-refractivity contribution in [2.24, 2.45) is 0 Å². The Morgan fingerprint density at radius 1 is 1.13 bits per heavy atom. The Balaban J connectivity index is 1.84. The molecular formula is C22H23ClN2O5S. The summed E-state index contributed by atoms with van der Waals surface area (Å²) in [4.78, 5) is 28.3. The van der Waals surface area contributed by atoms with E-state index in [2.05, 4.69) is 4.98 Å². The Bertz CT molecular complexity index is 1230. The van der Waals surface area contributed by atoms with Crippen LogP contribution in [0.1, 0.15) is 41.5 Å². The van der Waals surface area contributed by atoms with Gasteiger partial charge in [-0.15, -0.1) is 0 Å². The molecule has 0 spiro atoms. The third-order valence-electron chi connectivity index (χ3n) is 5.00. The largest absolute Gasteiger partial charge is 0.451 e. The van der Waals surface area contributed by atoms with Crippen LogP contribution in [0.4, 0.5) is 0 Å². The van der Waals surface area contributed by atoms with Gasteiger partial charge in [-0.3, -0.25) is 4.79 Å². The first-order valence-electron chi connectivity index (χ1n) is 9.81. The van der Waals surface area contributed by atoms with Gasteiger partial charge in [0.1, 0.15) is 4.90 Å². The molecule has 0 saturated heterocycles. The van der Waals surface area contributed by atoms with Crippen LogP contribution in [0.5, 0.6) is 0 Å². The number of benzene rings is 2. The highest BCUT2D eigenvalue weighted by Crippen LogP contribution is 2.27. The first kappa shape index (κ1) is 23.0. The summed E-state index contributed by atoms with van der Waals surface area (Å²) in [6.45, 7) is 5.43. The van der Waals surface area contributed by atoms with Crippen LogP contribution in [0.2, 0.25) is 5.02 Å². The average Bonchev–Trinajstić information content (AvgIpc) is 3.18. The maximum Gasteiger partial charge on any atom is 0.338 e. The normalized spacial score (nSPS) is 12.8. The van der Waals surface area contributed by atoms with E-state index in [-0.39, 0.29) is 34.4 Å². The van der Waals surface area contributed by atoms with Gasteiger partial charge in [0.2, 0.25) is 15.8 Å². The lowest BCUT2D eigenvalue weighted by atomic mass is 10.1. The molecule has 0 aliphatic carbocycles. The number of hydrogen-bond donors (Lipinski definition) is 1. The van der Waals surface area contributed by atoms with E-state index in [1.165, 1.54) is 29.4 Å². The van der Waals surface area contributed by atoms with Crippen LogP contribution < -0.4 is 0 Å². The Morgan fingerprint density at radius 2 is 1.81 bits per heavy atom. The number of para-hydroxylation sites is 1. The number of carbonyl (C=O) groups is 2. The summed E-state index contributed by atoms with van der Waals surface area (Å²) >= 11 is 6.11. The highest BCUT2D eigenvalue weighted by Gasteiger charge is 2.27. The van der Waals surface area contributed by atoms with E-state index in [0.717, 1.165) is 10.9 Å². The zero-order valence-electron chi connectivity index (χ0n) is 17.4. The number of esters is 1. The quantitative estimate of drug-likeness (QED) is 0.398. The second-order valence-corrected chi connectivity index (χ2v) is 9.21. The van der Waals surface area contributed by atoms with Gasteiger partial charge in [-0.1, -0.05) is 43.6 Å². The fourth-order valence-electron chi connectivity index (χ4n) is 3.31. The zero-order valence-corrected chi connectivity index (χ0v) is 19.0. The molecular weight excluding hydrogens is 440 g/mol. The van der Waals surface area contributed by atoms with Gasteiger partial charge < -0.3 is 9.72 Å². The van der Waals surface area contributed by atoms with Crippen LogP contribution in [-0.4, -0.2) is 48.7 Å². The molecule has 1 aromatic heterocycles. The van der Waals surface area contributed by atoms with E-state index in [1.807, 2.05) is 18.2 Å². The van der Waals surface area contributed by atoms with Crippen LogP contribution in [0.25, 0.3) is 10.9 Å². The Labute approximate surface area is 186 Å². The summed E-state index contributed by atoms with van der Waals surface area (Å²) in [5.41, 5.74) is 1.21. The van der Waals surface area contributed by atoms with Crippen molar-refractivity contribution in [3.05, 3.63) is 64.8 Å². The molecule has 1 unspecified atom stereocenters. The van der Waals surface area contributed by atoms with Crippen molar-refractivity contribution in [1.29, 1.82) is 0 Å². The molecule has 0 amide bonds. The molecule has 3 aromatic rings. The fraction of sp³-hybridized carbons (Fsp3) is 0.273. The number of fused-ring (bicyclic) bond motifs is 1. The summed E-state index contributed by atoms with van der Waals surface area (Å²) in [5.74, 6) is -1.18. The second-order valence-electron chi connectivity index (χ2n) is 6.89. The molecule has 7 nitrogen and oxygen atoms in total. The summed E-state index contributed by atoms with van der Waals surface area (Å²) in [6.07, 6.45) is 0.513. The van der Waals surface area contributed by atoms with E-state index in [1.54, 1.807) is 26.1 Å². The lowest BCUT2D eigenvalue weighted by Gasteiger charge is -2.19. The molecule has 0 aliphatic heterocycles. The van der Waals surface area contributed by atoms with Crippen molar-refractivity contribution in [2.75, 3.05) is 13.1 Å². The molecule has 1 N–H and O–H groups in total. The van der Waals surface area contributed by atoms with Gasteiger partial charge in [0.05, 0.1) is 10.6 Å². The molecule has 3 rings (SSSR count). The minimum Gasteiger partial charge on any atom is -0.451 e. The molecule has 1 atom stereocenters. The lowest BCUT2D eigenvalue weighted by Crippen LogP contribution is -2.31. The van der Waals surface area contributed by atoms with Crippen LogP contribution in [0.15, 0.2) is 53.6 Å². The molecule has 2 aromatic carbocycles. The number of rotatable bonds is 8. The number of sulfonamides is 1. The van der Waals surface area contributed by atoms with Crippen molar-refractivity contribution < 1.29 is 22.7 Å². The minimum absolute atomic E-state index is 0.00583. The first-order valence-corrected chi connectivity index (χ1v) is 11.6. The van der Waals surface area contributed by atoms with E-state index in [9.17, 15) is 18.0 Å². The summed E-state index contributed by atoms with van der Waals surface area (Å²) < 4.78 is 32.2. The van der Waals surface area contributed by atoms with Gasteiger partial charge in [-0.25, -0.2) is 13.2 Å². The highest BCUT2D eigenvalue weighted by molar-refractivity contribution is 7.89. The number of Topliss-reactive ketones (excluding diaryl/α,β-unsaturated/α-hetero) is 1. The fourth-order valence-corrected chi connectivity index (χ4v) is 5.27. The number of ether oxygens (including phenoxy) is 1. The van der Waals surface area contributed by atoms with Crippen molar-refractivity contribution >= 4 is 44.3 Å². The number of aromatic amines is 1. The number of halogens is 1. The topological polar surface area (TPSA) is 96.5 Å². The summed E-state index contributed by atoms with van der Waals surface area (Å²) in [7, 11) is -3.87. The SMILES string of the molecule is CCN(CC)S(=O)(=O)c1cc(C(=O)OC(C)C(=O)c2c[nH]c3ccccc23)ccc1Cl. The van der Waals surface area contributed by atoms with Crippen LogP contribution in [-0.2, 0) is 14.8 Å². The molecule has 31 heavy (non-hydrogen) atoms. The van der Waals surface area contributed by atoms with Gasteiger partial charge in [0.15, 0.2) is 6.10 Å². The van der Waals surface area contributed by atoms with Gasteiger partial charge in [0, 0.05) is 35.8 Å². The maximum absolute atomic E-state index is 12.8. The van der Waals surface area contributed by atoms with Crippen molar-refractivity contribution in [3.8, 4) is 0 Å². The molecule has 0 saturated carbocycles. The molecule has 164 valence electrons. The number of ketones is 1. The molecule has 1 heterocycles. The Morgan fingerprint density at radius 3 is 2.48 bits per heavy atom. The second kappa shape index (κ2) is 9.21. The first-order chi connectivity index (χ1) is 14.7. The van der Waals surface area contributed by atoms with E-state index in [4.69, 9.17) is 16.3 Å². The third kappa shape index (κ3) is 4.51. The van der Waals surface area contributed by atoms with Crippen LogP contribution in [0, 0.1) is 0 Å². The molecule has 0 aliphatic rings. The smallest absolute Gasteiger partial charge is 0.338 e. The number of hydrogen-bond acceptors (Lipinski definition) is 5. The predicted molar refractivity (Wildman–Crippen MR) is 119 cm³/mol. The number of aromatic nitrogens is 1. The average molecular weight is 463 g/mol. The van der Waals surface area contributed by atoms with Gasteiger partial charge in [-0.2, -0.15) is 4.31 Å². The number of carbonyl (C=O) groups excluding carboxylic acids is 2. The van der Waals surface area contributed by atoms with Gasteiger partial charge in [0.25, 0.3) is 0 Å².